The van der Waals surface area contributed by atoms with E-state index < -0.39 is 0 Å². The molecule has 1 atom stereocenters. The van der Waals surface area contributed by atoms with Crippen molar-refractivity contribution in [3.8, 4) is 0 Å². The average Bonchev–Trinajstić information content (AvgIpc) is 3.08. The molecular weight excluding hydrogens is 244 g/mol. The molecule has 1 aliphatic carbocycles. The minimum Gasteiger partial charge on any atom is -0.459 e. The first-order valence-corrected chi connectivity index (χ1v) is 6.87. The highest BCUT2D eigenvalue weighted by Crippen LogP contribution is 2.23. The van der Waals surface area contributed by atoms with E-state index >= 15 is 0 Å². The Hall–Kier alpha value is -1.78. The van der Waals surface area contributed by atoms with Crippen LogP contribution in [0.4, 0.5) is 0 Å². The summed E-state index contributed by atoms with van der Waals surface area (Å²) < 4.78 is 5.13. The Morgan fingerprint density at radius 2 is 2.16 bits per heavy atom. The van der Waals surface area contributed by atoms with Gasteiger partial charge in [0.2, 0.25) is 5.91 Å². The molecule has 1 unspecified atom stereocenters. The maximum Gasteiger partial charge on any atom is 0.289 e. The fourth-order valence-electron chi connectivity index (χ4n) is 2.48. The zero-order valence-electron chi connectivity index (χ0n) is 10.8. The van der Waals surface area contributed by atoms with Crippen LogP contribution in [-0.2, 0) is 4.79 Å². The second-order valence-corrected chi connectivity index (χ2v) is 5.35. The number of furan rings is 1. The van der Waals surface area contributed by atoms with Crippen LogP contribution >= 0.6 is 0 Å². The molecule has 2 aliphatic rings. The average molecular weight is 262 g/mol. The molecule has 5 heteroatoms. The summed E-state index contributed by atoms with van der Waals surface area (Å²) in [6.45, 7) is 1.20. The second kappa shape index (κ2) is 5.07. The summed E-state index contributed by atoms with van der Waals surface area (Å²) in [5, 5.41) is 3.02. The molecule has 102 valence electrons. The van der Waals surface area contributed by atoms with Gasteiger partial charge in [-0.25, -0.2) is 0 Å². The van der Waals surface area contributed by atoms with Crippen molar-refractivity contribution in [3.63, 3.8) is 0 Å². The van der Waals surface area contributed by atoms with Crippen LogP contribution in [0, 0.1) is 5.92 Å². The number of carbonyl (C=O) groups excluding carboxylic acids is 2. The van der Waals surface area contributed by atoms with E-state index in [0.717, 1.165) is 25.7 Å². The highest BCUT2D eigenvalue weighted by molar-refractivity contribution is 5.92. The quantitative estimate of drug-likeness (QED) is 0.896. The zero-order valence-corrected chi connectivity index (χ0v) is 10.8. The Balaban J connectivity index is 1.60. The standard InChI is InChI=1S/C14H18N2O3/c17-13(15-11-5-6-11)10-3-1-7-16(9-10)14(18)12-4-2-8-19-12/h2,4,8,10-11H,1,3,5-7,9H2,(H,15,17). The Morgan fingerprint density at radius 1 is 1.32 bits per heavy atom. The van der Waals surface area contributed by atoms with E-state index in [2.05, 4.69) is 5.32 Å². The van der Waals surface area contributed by atoms with Crippen LogP contribution < -0.4 is 5.32 Å². The molecule has 1 aliphatic heterocycles. The molecule has 1 aromatic heterocycles. The van der Waals surface area contributed by atoms with Crippen molar-refractivity contribution in [2.24, 2.45) is 5.92 Å². The highest BCUT2D eigenvalue weighted by Gasteiger charge is 2.32. The predicted octanol–water partition coefficient (Wildman–Crippen LogP) is 1.41. The molecule has 5 nitrogen and oxygen atoms in total. The van der Waals surface area contributed by atoms with Gasteiger partial charge in [-0.15, -0.1) is 0 Å². The summed E-state index contributed by atoms with van der Waals surface area (Å²) in [4.78, 5) is 25.9. The van der Waals surface area contributed by atoms with Crippen LogP contribution in [0.15, 0.2) is 22.8 Å². The van der Waals surface area contributed by atoms with Crippen molar-refractivity contribution in [1.29, 1.82) is 0 Å². The van der Waals surface area contributed by atoms with E-state index in [1.54, 1.807) is 17.0 Å². The van der Waals surface area contributed by atoms with Crippen LogP contribution in [0.5, 0.6) is 0 Å². The molecule has 1 N–H and O–H groups in total. The summed E-state index contributed by atoms with van der Waals surface area (Å²) in [7, 11) is 0. The van der Waals surface area contributed by atoms with Gasteiger partial charge in [-0.1, -0.05) is 0 Å². The third-order valence-electron chi connectivity index (χ3n) is 3.74. The van der Waals surface area contributed by atoms with Crippen LogP contribution in [0.1, 0.15) is 36.2 Å². The van der Waals surface area contributed by atoms with Gasteiger partial charge in [0.1, 0.15) is 0 Å². The van der Waals surface area contributed by atoms with Gasteiger partial charge in [-0.2, -0.15) is 0 Å². The van der Waals surface area contributed by atoms with Crippen LogP contribution in [0.25, 0.3) is 0 Å². The number of amides is 2. The Labute approximate surface area is 111 Å². The molecule has 19 heavy (non-hydrogen) atoms. The molecule has 2 heterocycles. The Kier molecular flexibility index (Phi) is 3.27. The zero-order chi connectivity index (χ0) is 13.2. The topological polar surface area (TPSA) is 62.6 Å². The molecule has 2 fully saturated rings. The van der Waals surface area contributed by atoms with Crippen molar-refractivity contribution >= 4 is 11.8 Å². The third-order valence-corrected chi connectivity index (χ3v) is 3.74. The second-order valence-electron chi connectivity index (χ2n) is 5.35. The minimum atomic E-state index is -0.117. The molecule has 1 aromatic rings. The number of hydrogen-bond acceptors (Lipinski definition) is 3. The predicted molar refractivity (Wildman–Crippen MR) is 68.5 cm³/mol. The van der Waals surface area contributed by atoms with E-state index in [1.807, 2.05) is 0 Å². The van der Waals surface area contributed by atoms with Crippen LogP contribution in [0.3, 0.4) is 0 Å². The van der Waals surface area contributed by atoms with E-state index in [-0.39, 0.29) is 17.7 Å². The van der Waals surface area contributed by atoms with Crippen LogP contribution in [0.2, 0.25) is 0 Å². The molecule has 3 rings (SSSR count). The van der Waals surface area contributed by atoms with Gasteiger partial charge in [-0.05, 0) is 37.8 Å². The smallest absolute Gasteiger partial charge is 0.289 e. The third kappa shape index (κ3) is 2.80. The van der Waals surface area contributed by atoms with Gasteiger partial charge < -0.3 is 14.6 Å². The number of nitrogens with zero attached hydrogens (tertiary/aromatic N) is 1. The minimum absolute atomic E-state index is 0.0757. The number of piperidine rings is 1. The SMILES string of the molecule is O=C(NC1CC1)C1CCCN(C(=O)c2ccco2)C1. The summed E-state index contributed by atoms with van der Waals surface area (Å²) in [6, 6.07) is 3.74. The number of carbonyl (C=O) groups is 2. The van der Waals surface area contributed by atoms with E-state index in [1.165, 1.54) is 6.26 Å². The lowest BCUT2D eigenvalue weighted by molar-refractivity contribution is -0.126. The summed E-state index contributed by atoms with van der Waals surface area (Å²) in [5.41, 5.74) is 0. The first kappa shape index (κ1) is 12.3. The first-order chi connectivity index (χ1) is 9.24. The lowest BCUT2D eigenvalue weighted by atomic mass is 9.97. The molecule has 0 radical (unpaired) electrons. The molecule has 1 saturated carbocycles. The Bertz CT molecular complexity index is 465. The summed E-state index contributed by atoms with van der Waals surface area (Å²) in [6.07, 6.45) is 5.41. The van der Waals surface area contributed by atoms with Gasteiger partial charge in [0, 0.05) is 19.1 Å². The fourth-order valence-corrected chi connectivity index (χ4v) is 2.48. The maximum absolute atomic E-state index is 12.2. The van der Waals surface area contributed by atoms with Gasteiger partial charge in [0.25, 0.3) is 5.91 Å². The monoisotopic (exact) mass is 262 g/mol. The normalized spacial score (nSPS) is 23.2. The van der Waals surface area contributed by atoms with E-state index in [0.29, 0.717) is 24.9 Å². The van der Waals surface area contributed by atoms with Gasteiger partial charge in [-0.3, -0.25) is 9.59 Å². The lowest BCUT2D eigenvalue weighted by Gasteiger charge is -2.31. The largest absolute Gasteiger partial charge is 0.459 e. The first-order valence-electron chi connectivity index (χ1n) is 6.87. The summed E-state index contributed by atoms with van der Waals surface area (Å²) in [5.74, 6) is 0.255. The highest BCUT2D eigenvalue weighted by atomic mass is 16.3. The number of hydrogen-bond donors (Lipinski definition) is 1. The molecule has 2 amide bonds. The van der Waals surface area contributed by atoms with E-state index in [4.69, 9.17) is 4.42 Å². The van der Waals surface area contributed by atoms with Crippen molar-refractivity contribution in [2.75, 3.05) is 13.1 Å². The van der Waals surface area contributed by atoms with Crippen molar-refractivity contribution in [2.45, 2.75) is 31.7 Å². The number of likely N-dealkylation sites (tertiary alicyclic amines) is 1. The summed E-state index contributed by atoms with van der Waals surface area (Å²) >= 11 is 0. The fraction of sp³-hybridized carbons (Fsp3) is 0.571. The molecule has 1 saturated heterocycles. The molecule has 0 aromatic carbocycles. The molecular formula is C14H18N2O3. The lowest BCUT2D eigenvalue weighted by Crippen LogP contribution is -2.45. The van der Waals surface area contributed by atoms with E-state index in [9.17, 15) is 9.59 Å². The van der Waals surface area contributed by atoms with Crippen molar-refractivity contribution < 1.29 is 14.0 Å². The van der Waals surface area contributed by atoms with Crippen molar-refractivity contribution in [3.05, 3.63) is 24.2 Å². The number of rotatable bonds is 3. The van der Waals surface area contributed by atoms with Gasteiger partial charge in [0.15, 0.2) is 5.76 Å². The van der Waals surface area contributed by atoms with Crippen molar-refractivity contribution in [1.82, 2.24) is 10.2 Å². The molecule has 0 bridgehead atoms. The van der Waals surface area contributed by atoms with Crippen LogP contribution in [-0.4, -0.2) is 35.8 Å². The Morgan fingerprint density at radius 3 is 2.84 bits per heavy atom. The van der Waals surface area contributed by atoms with Gasteiger partial charge >= 0.3 is 0 Å². The van der Waals surface area contributed by atoms with Gasteiger partial charge in [0.05, 0.1) is 12.2 Å². The molecule has 0 spiro atoms. The number of nitrogens with one attached hydrogen (secondary N) is 1. The maximum atomic E-state index is 12.2.